The van der Waals surface area contributed by atoms with Crippen LogP contribution in [0.5, 0.6) is 0 Å². The highest BCUT2D eigenvalue weighted by Crippen LogP contribution is 2.16. The Morgan fingerprint density at radius 3 is 3.05 bits per heavy atom. The SMILES string of the molecule is CN(Cc1csc(C#CCN)c1)C(=O)c1cncn1C. The number of carbonyl (C=O) groups is 1. The van der Waals surface area contributed by atoms with Crippen LogP contribution in [0.2, 0.25) is 0 Å². The number of aryl methyl sites for hydroxylation is 1. The van der Waals surface area contributed by atoms with Crippen molar-refractivity contribution in [1.82, 2.24) is 14.5 Å². The number of rotatable bonds is 3. The van der Waals surface area contributed by atoms with Gasteiger partial charge in [-0.15, -0.1) is 11.3 Å². The summed E-state index contributed by atoms with van der Waals surface area (Å²) in [6.45, 7) is 0.900. The zero-order chi connectivity index (χ0) is 14.5. The van der Waals surface area contributed by atoms with Gasteiger partial charge in [-0.05, 0) is 17.0 Å². The molecule has 0 atom stereocenters. The van der Waals surface area contributed by atoms with Crippen molar-refractivity contribution in [3.8, 4) is 11.8 Å². The maximum Gasteiger partial charge on any atom is 0.272 e. The molecule has 5 nitrogen and oxygen atoms in total. The molecule has 0 saturated carbocycles. The predicted octanol–water partition coefficient (Wildman–Crippen LogP) is 1.06. The van der Waals surface area contributed by atoms with Gasteiger partial charge in [0, 0.05) is 20.6 Å². The molecule has 6 heteroatoms. The Morgan fingerprint density at radius 1 is 1.60 bits per heavy atom. The van der Waals surface area contributed by atoms with Gasteiger partial charge in [0.15, 0.2) is 0 Å². The van der Waals surface area contributed by atoms with Gasteiger partial charge in [-0.1, -0.05) is 11.8 Å². The number of hydrogen-bond acceptors (Lipinski definition) is 4. The van der Waals surface area contributed by atoms with Crippen LogP contribution in [0.3, 0.4) is 0 Å². The van der Waals surface area contributed by atoms with E-state index in [4.69, 9.17) is 5.73 Å². The van der Waals surface area contributed by atoms with E-state index in [2.05, 4.69) is 16.8 Å². The highest BCUT2D eigenvalue weighted by molar-refractivity contribution is 7.10. The lowest BCUT2D eigenvalue weighted by Crippen LogP contribution is -2.27. The molecule has 0 fully saturated rings. The van der Waals surface area contributed by atoms with Gasteiger partial charge in [0.2, 0.25) is 0 Å². The van der Waals surface area contributed by atoms with E-state index >= 15 is 0 Å². The summed E-state index contributed by atoms with van der Waals surface area (Å²) in [6.07, 6.45) is 3.19. The summed E-state index contributed by atoms with van der Waals surface area (Å²) in [7, 11) is 3.58. The number of amides is 1. The van der Waals surface area contributed by atoms with Crippen LogP contribution in [0.1, 0.15) is 20.9 Å². The van der Waals surface area contributed by atoms with Gasteiger partial charge in [0.05, 0.1) is 23.9 Å². The normalized spacial score (nSPS) is 9.95. The van der Waals surface area contributed by atoms with Crippen LogP contribution in [-0.2, 0) is 13.6 Å². The molecule has 2 aromatic heterocycles. The molecule has 0 aliphatic carbocycles. The zero-order valence-corrected chi connectivity index (χ0v) is 12.3. The van der Waals surface area contributed by atoms with Crippen molar-refractivity contribution in [3.63, 3.8) is 0 Å². The van der Waals surface area contributed by atoms with E-state index in [1.165, 1.54) is 0 Å². The fourth-order valence-electron chi connectivity index (χ4n) is 1.77. The van der Waals surface area contributed by atoms with E-state index in [-0.39, 0.29) is 5.91 Å². The number of nitrogens with zero attached hydrogens (tertiary/aromatic N) is 3. The molecule has 1 amide bonds. The number of hydrogen-bond donors (Lipinski definition) is 1. The summed E-state index contributed by atoms with van der Waals surface area (Å²) in [5.41, 5.74) is 6.98. The van der Waals surface area contributed by atoms with Gasteiger partial charge in [0.25, 0.3) is 5.91 Å². The fraction of sp³-hybridized carbons (Fsp3) is 0.286. The molecule has 20 heavy (non-hydrogen) atoms. The molecule has 2 aromatic rings. The highest BCUT2D eigenvalue weighted by Gasteiger charge is 2.15. The van der Waals surface area contributed by atoms with E-state index < -0.39 is 0 Å². The highest BCUT2D eigenvalue weighted by atomic mass is 32.1. The molecule has 2 N–H and O–H groups in total. The topological polar surface area (TPSA) is 64.2 Å². The zero-order valence-electron chi connectivity index (χ0n) is 11.5. The number of thiophene rings is 1. The Hall–Kier alpha value is -2.10. The van der Waals surface area contributed by atoms with E-state index in [0.717, 1.165) is 10.4 Å². The van der Waals surface area contributed by atoms with E-state index in [9.17, 15) is 4.79 Å². The summed E-state index contributed by atoms with van der Waals surface area (Å²) in [6, 6.07) is 1.99. The van der Waals surface area contributed by atoms with Gasteiger partial charge in [-0.25, -0.2) is 4.98 Å². The smallest absolute Gasteiger partial charge is 0.272 e. The molecule has 2 rings (SSSR count). The van der Waals surface area contributed by atoms with Crippen molar-refractivity contribution in [2.24, 2.45) is 12.8 Å². The van der Waals surface area contributed by atoms with E-state index in [0.29, 0.717) is 18.8 Å². The third-order valence-electron chi connectivity index (χ3n) is 2.77. The maximum absolute atomic E-state index is 12.2. The van der Waals surface area contributed by atoms with Crippen molar-refractivity contribution in [2.75, 3.05) is 13.6 Å². The number of imidazole rings is 1. The molecular weight excluding hydrogens is 272 g/mol. The summed E-state index contributed by atoms with van der Waals surface area (Å²) < 4.78 is 1.71. The van der Waals surface area contributed by atoms with E-state index in [1.807, 2.05) is 11.4 Å². The minimum atomic E-state index is -0.0502. The molecule has 0 radical (unpaired) electrons. The second kappa shape index (κ2) is 6.37. The first kappa shape index (κ1) is 14.3. The van der Waals surface area contributed by atoms with Crippen molar-refractivity contribution in [2.45, 2.75) is 6.54 Å². The molecule has 0 aliphatic rings. The molecule has 0 unspecified atom stereocenters. The molecular formula is C14H16N4OS. The first-order valence-corrected chi connectivity index (χ1v) is 6.98. The van der Waals surface area contributed by atoms with Gasteiger partial charge in [0.1, 0.15) is 5.69 Å². The fourth-order valence-corrected chi connectivity index (χ4v) is 2.54. The standard InChI is InChI=1S/C14H16N4OS/c1-17(14(19)13-7-16-10-18(13)2)8-11-6-12(20-9-11)4-3-5-15/h6-7,9-10H,5,8,15H2,1-2H3. The molecule has 0 bridgehead atoms. The van der Waals surface area contributed by atoms with Crippen LogP contribution in [0.15, 0.2) is 24.0 Å². The summed E-state index contributed by atoms with van der Waals surface area (Å²) in [4.78, 5) is 18.8. The van der Waals surface area contributed by atoms with Gasteiger partial charge < -0.3 is 15.2 Å². The Labute approximate surface area is 122 Å². The van der Waals surface area contributed by atoms with Crippen LogP contribution in [0.25, 0.3) is 0 Å². The third-order valence-corrected chi connectivity index (χ3v) is 3.66. The first-order valence-electron chi connectivity index (χ1n) is 6.10. The van der Waals surface area contributed by atoms with Crippen LogP contribution < -0.4 is 5.73 Å². The Balaban J connectivity index is 2.04. The number of carbonyl (C=O) groups excluding carboxylic acids is 1. The quantitative estimate of drug-likeness (QED) is 0.859. The largest absolute Gasteiger partial charge is 0.336 e. The van der Waals surface area contributed by atoms with Crippen LogP contribution in [-0.4, -0.2) is 34.0 Å². The number of nitrogens with two attached hydrogens (primary N) is 1. The molecule has 0 aliphatic heterocycles. The number of aromatic nitrogens is 2. The molecule has 0 spiro atoms. The Morgan fingerprint density at radius 2 is 2.40 bits per heavy atom. The summed E-state index contributed by atoms with van der Waals surface area (Å²) >= 11 is 1.56. The summed E-state index contributed by atoms with van der Waals surface area (Å²) in [5, 5.41) is 2.01. The van der Waals surface area contributed by atoms with Crippen LogP contribution in [0, 0.1) is 11.8 Å². The van der Waals surface area contributed by atoms with Crippen molar-refractivity contribution >= 4 is 17.2 Å². The minimum absolute atomic E-state index is 0.0502. The Kier molecular flexibility index (Phi) is 4.56. The lowest BCUT2D eigenvalue weighted by atomic mass is 10.2. The van der Waals surface area contributed by atoms with Crippen molar-refractivity contribution in [3.05, 3.63) is 40.1 Å². The van der Waals surface area contributed by atoms with Gasteiger partial charge in [-0.3, -0.25) is 4.79 Å². The molecule has 0 aromatic carbocycles. The molecule has 0 saturated heterocycles. The lowest BCUT2D eigenvalue weighted by molar-refractivity contribution is 0.0775. The Bertz CT molecular complexity index is 662. The lowest BCUT2D eigenvalue weighted by Gasteiger charge is -2.16. The van der Waals surface area contributed by atoms with Crippen molar-refractivity contribution < 1.29 is 4.79 Å². The molecule has 104 valence electrons. The average molecular weight is 288 g/mol. The van der Waals surface area contributed by atoms with Gasteiger partial charge >= 0.3 is 0 Å². The second-order valence-corrected chi connectivity index (χ2v) is 5.29. The predicted molar refractivity (Wildman–Crippen MR) is 79.3 cm³/mol. The second-order valence-electron chi connectivity index (χ2n) is 4.38. The maximum atomic E-state index is 12.2. The third kappa shape index (κ3) is 3.26. The molecule has 2 heterocycles. The van der Waals surface area contributed by atoms with Crippen molar-refractivity contribution in [1.29, 1.82) is 0 Å². The van der Waals surface area contributed by atoms with E-state index in [1.54, 1.807) is 47.4 Å². The minimum Gasteiger partial charge on any atom is -0.336 e. The monoisotopic (exact) mass is 288 g/mol. The van der Waals surface area contributed by atoms with Crippen LogP contribution >= 0.6 is 11.3 Å². The van der Waals surface area contributed by atoms with Crippen LogP contribution in [0.4, 0.5) is 0 Å². The first-order chi connectivity index (χ1) is 9.61. The van der Waals surface area contributed by atoms with Gasteiger partial charge in [-0.2, -0.15) is 0 Å². The summed E-state index contributed by atoms with van der Waals surface area (Å²) in [5.74, 6) is 5.76. The average Bonchev–Trinajstić information content (AvgIpc) is 3.04.